The van der Waals surface area contributed by atoms with Crippen LogP contribution in [0.3, 0.4) is 0 Å². The van der Waals surface area contributed by atoms with Gasteiger partial charge in [-0.05, 0) is 25.8 Å². The fraction of sp³-hybridized carbons (Fsp3) is 1.00. The summed E-state index contributed by atoms with van der Waals surface area (Å²) < 4.78 is 21.8. The molecule has 0 unspecified atom stereocenters. The third kappa shape index (κ3) is 4.39. The number of aliphatic hydroxyl groups is 1. The summed E-state index contributed by atoms with van der Waals surface area (Å²) in [5.41, 5.74) is 0. The molecule has 4 nitrogen and oxygen atoms in total. The average Bonchev–Trinajstić information content (AvgIpc) is 1.97. The summed E-state index contributed by atoms with van der Waals surface area (Å²) >= 11 is 0. The molecule has 0 saturated heterocycles. The van der Waals surface area contributed by atoms with E-state index in [2.05, 4.69) is 0 Å². The summed E-state index contributed by atoms with van der Waals surface area (Å²) in [6.45, 7) is 1.48. The lowest BCUT2D eigenvalue weighted by Gasteiger charge is -2.34. The van der Waals surface area contributed by atoms with E-state index in [1.807, 2.05) is 11.9 Å². The molecule has 0 aromatic rings. The Balaban J connectivity index is 2.13. The van der Waals surface area contributed by atoms with Crippen LogP contribution in [-0.2, 0) is 9.84 Å². The van der Waals surface area contributed by atoms with E-state index in [9.17, 15) is 8.42 Å². The van der Waals surface area contributed by atoms with Gasteiger partial charge in [0.15, 0.2) is 0 Å². The molecule has 0 spiro atoms. The van der Waals surface area contributed by atoms with Crippen LogP contribution in [0.25, 0.3) is 0 Å². The van der Waals surface area contributed by atoms with Gasteiger partial charge in [0.2, 0.25) is 0 Å². The Labute approximate surface area is 85.8 Å². The number of hydrogen-bond donors (Lipinski definition) is 1. The van der Waals surface area contributed by atoms with Gasteiger partial charge in [-0.1, -0.05) is 0 Å². The molecular weight excluding hydrogens is 202 g/mol. The highest BCUT2D eigenvalue weighted by atomic mass is 32.2. The summed E-state index contributed by atoms with van der Waals surface area (Å²) in [7, 11) is -0.919. The monoisotopic (exact) mass is 221 g/mol. The van der Waals surface area contributed by atoms with Crippen molar-refractivity contribution in [3.05, 3.63) is 0 Å². The number of sulfone groups is 1. The van der Waals surface area contributed by atoms with Crippen molar-refractivity contribution >= 4 is 9.84 Å². The molecule has 1 aliphatic carbocycles. The lowest BCUT2D eigenvalue weighted by atomic mass is 9.82. The predicted molar refractivity (Wildman–Crippen MR) is 55.9 cm³/mol. The van der Waals surface area contributed by atoms with Gasteiger partial charge in [0.05, 0.1) is 11.9 Å². The van der Waals surface area contributed by atoms with Gasteiger partial charge in [-0.15, -0.1) is 0 Å². The van der Waals surface area contributed by atoms with E-state index in [1.165, 1.54) is 6.26 Å². The zero-order chi connectivity index (χ0) is 10.8. The molecule has 0 amide bonds. The third-order valence-electron chi connectivity index (χ3n) is 2.62. The molecule has 1 aliphatic rings. The molecule has 1 N–H and O–H groups in total. The van der Waals surface area contributed by atoms with E-state index in [1.54, 1.807) is 0 Å². The zero-order valence-corrected chi connectivity index (χ0v) is 9.63. The van der Waals surface area contributed by atoms with Gasteiger partial charge in [0, 0.05) is 19.3 Å². The second kappa shape index (κ2) is 4.59. The number of hydrogen-bond acceptors (Lipinski definition) is 4. The van der Waals surface area contributed by atoms with Crippen LogP contribution < -0.4 is 0 Å². The Morgan fingerprint density at radius 1 is 1.43 bits per heavy atom. The normalized spacial score (nSPS) is 27.7. The van der Waals surface area contributed by atoms with E-state index < -0.39 is 9.84 Å². The highest BCUT2D eigenvalue weighted by molar-refractivity contribution is 7.90. The summed E-state index contributed by atoms with van der Waals surface area (Å²) in [6, 6.07) is 0. The minimum atomic E-state index is -2.85. The van der Waals surface area contributed by atoms with Crippen LogP contribution in [0.5, 0.6) is 0 Å². The molecule has 0 radical (unpaired) electrons. The molecule has 1 fully saturated rings. The second-order valence-corrected chi connectivity index (χ2v) is 6.64. The van der Waals surface area contributed by atoms with Gasteiger partial charge >= 0.3 is 0 Å². The van der Waals surface area contributed by atoms with Gasteiger partial charge in [-0.25, -0.2) is 8.42 Å². The first-order valence-corrected chi connectivity index (χ1v) is 6.97. The molecule has 84 valence electrons. The Morgan fingerprint density at radius 3 is 2.43 bits per heavy atom. The predicted octanol–water partition coefficient (Wildman–Crippen LogP) is -0.266. The van der Waals surface area contributed by atoms with E-state index in [-0.39, 0.29) is 11.9 Å². The van der Waals surface area contributed by atoms with Crippen LogP contribution in [0.15, 0.2) is 0 Å². The maximum absolute atomic E-state index is 10.9. The molecule has 0 aliphatic heterocycles. The van der Waals surface area contributed by atoms with Crippen molar-refractivity contribution in [1.29, 1.82) is 0 Å². The first-order valence-electron chi connectivity index (χ1n) is 4.91. The molecule has 0 aromatic carbocycles. The molecule has 1 rings (SSSR count). The molecule has 0 atom stereocenters. The van der Waals surface area contributed by atoms with E-state index in [0.717, 1.165) is 19.4 Å². The van der Waals surface area contributed by atoms with Crippen molar-refractivity contribution in [2.45, 2.75) is 18.9 Å². The van der Waals surface area contributed by atoms with E-state index in [4.69, 9.17) is 5.11 Å². The van der Waals surface area contributed by atoms with Gasteiger partial charge in [-0.3, -0.25) is 0 Å². The largest absolute Gasteiger partial charge is 0.393 e. The van der Waals surface area contributed by atoms with Crippen LogP contribution in [0, 0.1) is 5.92 Å². The van der Waals surface area contributed by atoms with Crippen LogP contribution >= 0.6 is 0 Å². The average molecular weight is 221 g/mol. The summed E-state index contributed by atoms with van der Waals surface area (Å²) in [5.74, 6) is 0.772. The highest BCUT2D eigenvalue weighted by Gasteiger charge is 2.27. The van der Waals surface area contributed by atoms with Crippen LogP contribution in [0.1, 0.15) is 12.8 Å². The SMILES string of the molecule is CN(CCS(C)(=O)=O)CC1CC(O)C1. The third-order valence-corrected chi connectivity index (χ3v) is 3.55. The van der Waals surface area contributed by atoms with Crippen molar-refractivity contribution in [3.63, 3.8) is 0 Å². The standard InChI is InChI=1S/C9H19NO3S/c1-10(3-4-14(2,12)13)7-8-5-9(11)6-8/h8-9,11H,3-7H2,1-2H3. The Hall–Kier alpha value is -0.130. The number of rotatable bonds is 5. The first kappa shape index (κ1) is 11.9. The lowest BCUT2D eigenvalue weighted by Crippen LogP contribution is -2.38. The quantitative estimate of drug-likeness (QED) is 0.694. The summed E-state index contributed by atoms with van der Waals surface area (Å²) in [4.78, 5) is 2.03. The number of aliphatic hydroxyl groups excluding tert-OH is 1. The first-order chi connectivity index (χ1) is 6.37. The number of nitrogens with zero attached hydrogens (tertiary/aromatic N) is 1. The van der Waals surface area contributed by atoms with Gasteiger partial charge < -0.3 is 10.0 Å². The van der Waals surface area contributed by atoms with E-state index >= 15 is 0 Å². The van der Waals surface area contributed by atoms with Crippen molar-refractivity contribution in [1.82, 2.24) is 4.90 Å². The summed E-state index contributed by atoms with van der Waals surface area (Å²) in [5, 5.41) is 9.08. The minimum Gasteiger partial charge on any atom is -0.393 e. The van der Waals surface area contributed by atoms with Crippen LogP contribution in [0.2, 0.25) is 0 Å². The molecule has 5 heteroatoms. The highest BCUT2D eigenvalue weighted by Crippen LogP contribution is 2.27. The maximum atomic E-state index is 10.9. The zero-order valence-electron chi connectivity index (χ0n) is 8.81. The Kier molecular flexibility index (Phi) is 3.92. The molecular formula is C9H19NO3S. The second-order valence-electron chi connectivity index (χ2n) is 4.38. The van der Waals surface area contributed by atoms with E-state index in [0.29, 0.717) is 12.5 Å². The van der Waals surface area contributed by atoms with Crippen molar-refractivity contribution in [2.24, 2.45) is 5.92 Å². The smallest absolute Gasteiger partial charge is 0.148 e. The maximum Gasteiger partial charge on any atom is 0.148 e. The molecule has 14 heavy (non-hydrogen) atoms. The molecule has 1 saturated carbocycles. The Bertz CT molecular complexity index is 270. The lowest BCUT2D eigenvalue weighted by molar-refractivity contribution is 0.0291. The summed E-state index contributed by atoms with van der Waals surface area (Å²) in [6.07, 6.45) is 2.86. The van der Waals surface area contributed by atoms with Crippen LogP contribution in [0.4, 0.5) is 0 Å². The van der Waals surface area contributed by atoms with Crippen LogP contribution in [-0.4, -0.2) is 56.7 Å². The fourth-order valence-corrected chi connectivity index (χ4v) is 2.35. The topological polar surface area (TPSA) is 57.6 Å². The van der Waals surface area contributed by atoms with Gasteiger partial charge in [0.25, 0.3) is 0 Å². The minimum absolute atomic E-state index is 0.122. The van der Waals surface area contributed by atoms with Gasteiger partial charge in [0.1, 0.15) is 9.84 Å². The van der Waals surface area contributed by atoms with Crippen molar-refractivity contribution in [3.8, 4) is 0 Å². The molecule has 0 bridgehead atoms. The molecule has 0 aromatic heterocycles. The van der Waals surface area contributed by atoms with Gasteiger partial charge in [-0.2, -0.15) is 0 Å². The van der Waals surface area contributed by atoms with Crippen molar-refractivity contribution in [2.75, 3.05) is 32.1 Å². The van der Waals surface area contributed by atoms with Crippen molar-refractivity contribution < 1.29 is 13.5 Å². The molecule has 0 heterocycles. The fourth-order valence-electron chi connectivity index (χ4n) is 1.70. The Morgan fingerprint density at radius 2 is 2.00 bits per heavy atom.